The van der Waals surface area contributed by atoms with E-state index in [0.717, 1.165) is 0 Å². The van der Waals surface area contributed by atoms with Crippen molar-refractivity contribution >= 4 is 35.0 Å². The number of esters is 1. The fourth-order valence-electron chi connectivity index (χ4n) is 1.56. The van der Waals surface area contributed by atoms with Crippen LogP contribution in [0.2, 0.25) is 10.4 Å². The van der Waals surface area contributed by atoms with E-state index in [2.05, 4.69) is 20.5 Å². The summed E-state index contributed by atoms with van der Waals surface area (Å²) in [6.07, 6.45) is 0. The number of hydrogen-bond donors (Lipinski definition) is 1. The maximum absolute atomic E-state index is 11.9. The first-order valence-corrected chi connectivity index (χ1v) is 6.32. The number of nitrogens with zero attached hydrogens (tertiary/aromatic N) is 3. The number of carbonyl (C=O) groups is 1. The second-order valence-corrected chi connectivity index (χ2v) is 4.43. The van der Waals surface area contributed by atoms with E-state index < -0.39 is 12.0 Å². The highest BCUT2D eigenvalue weighted by molar-refractivity contribution is 6.32. The molecule has 0 saturated carbocycles. The van der Waals surface area contributed by atoms with Crippen LogP contribution in [-0.4, -0.2) is 28.3 Å². The maximum atomic E-state index is 11.9. The van der Waals surface area contributed by atoms with Crippen LogP contribution >= 0.6 is 23.2 Å². The minimum atomic E-state index is -0.772. The van der Waals surface area contributed by atoms with Crippen LogP contribution in [0.4, 0.5) is 5.82 Å². The Hall–Kier alpha value is -1.92. The zero-order valence-corrected chi connectivity index (χ0v) is 11.9. The number of anilines is 1. The third-order valence-corrected chi connectivity index (χ3v) is 2.89. The summed E-state index contributed by atoms with van der Waals surface area (Å²) < 4.78 is 4.77. The monoisotopic (exact) mass is 312 g/mol. The quantitative estimate of drug-likeness (QED) is 0.874. The average molecular weight is 313 g/mol. The lowest BCUT2D eigenvalue weighted by Crippen LogP contribution is -2.23. The van der Waals surface area contributed by atoms with Crippen molar-refractivity contribution < 1.29 is 9.53 Å². The zero-order chi connectivity index (χ0) is 14.5. The predicted octanol–water partition coefficient (Wildman–Crippen LogP) is 2.50. The Morgan fingerprint density at radius 1 is 1.25 bits per heavy atom. The van der Waals surface area contributed by atoms with E-state index in [1.165, 1.54) is 7.11 Å². The molecule has 0 spiro atoms. The molecule has 0 bridgehead atoms. The number of hydrogen-bond acceptors (Lipinski definition) is 6. The van der Waals surface area contributed by atoms with Crippen molar-refractivity contribution in [2.75, 3.05) is 12.4 Å². The Labute approximate surface area is 125 Å². The predicted molar refractivity (Wildman–Crippen MR) is 74.7 cm³/mol. The first-order chi connectivity index (χ1) is 9.61. The second-order valence-electron chi connectivity index (χ2n) is 3.73. The van der Waals surface area contributed by atoms with E-state index in [4.69, 9.17) is 27.9 Å². The van der Waals surface area contributed by atoms with E-state index in [9.17, 15) is 4.79 Å². The molecule has 0 amide bonds. The molecule has 8 heteroatoms. The third-order valence-electron chi connectivity index (χ3n) is 2.47. The molecule has 1 atom stereocenters. The Morgan fingerprint density at radius 3 is 2.60 bits per heavy atom. The van der Waals surface area contributed by atoms with Gasteiger partial charge in [0.05, 0.1) is 7.11 Å². The normalized spacial score (nSPS) is 11.8. The van der Waals surface area contributed by atoms with Crippen LogP contribution in [-0.2, 0) is 9.53 Å². The molecule has 1 N–H and O–H groups in total. The summed E-state index contributed by atoms with van der Waals surface area (Å²) in [7, 11) is 1.30. The van der Waals surface area contributed by atoms with Gasteiger partial charge in [0.2, 0.25) is 5.28 Å². The fourth-order valence-corrected chi connectivity index (χ4v) is 1.82. The summed E-state index contributed by atoms with van der Waals surface area (Å²) >= 11 is 11.5. The standard InChI is InChI=1S/C12H10Cl2N4O2/c1-20-11(19)8(7-5-3-2-4-6-7)15-10-9(13)17-18-12(14)16-10/h2-6,8H,1H3,(H,15,16,18). The van der Waals surface area contributed by atoms with Crippen molar-refractivity contribution in [1.82, 2.24) is 15.2 Å². The summed E-state index contributed by atoms with van der Waals surface area (Å²) in [6.45, 7) is 0. The highest BCUT2D eigenvalue weighted by Crippen LogP contribution is 2.24. The van der Waals surface area contributed by atoms with Crippen LogP contribution in [0.5, 0.6) is 0 Å². The van der Waals surface area contributed by atoms with Crippen LogP contribution in [0.15, 0.2) is 30.3 Å². The lowest BCUT2D eigenvalue weighted by atomic mass is 10.1. The smallest absolute Gasteiger partial charge is 0.333 e. The average Bonchev–Trinajstić information content (AvgIpc) is 2.48. The van der Waals surface area contributed by atoms with E-state index in [1.54, 1.807) is 24.3 Å². The van der Waals surface area contributed by atoms with Crippen LogP contribution < -0.4 is 5.32 Å². The topological polar surface area (TPSA) is 77.0 Å². The molecule has 0 radical (unpaired) electrons. The second kappa shape index (κ2) is 6.49. The van der Waals surface area contributed by atoms with Crippen LogP contribution in [0.3, 0.4) is 0 Å². The number of benzene rings is 1. The van der Waals surface area contributed by atoms with Crippen LogP contribution in [0, 0.1) is 0 Å². The first-order valence-electron chi connectivity index (χ1n) is 5.57. The summed E-state index contributed by atoms with van der Waals surface area (Å²) in [5.41, 5.74) is 0.699. The van der Waals surface area contributed by atoms with Crippen molar-refractivity contribution in [3.05, 3.63) is 46.3 Å². The van der Waals surface area contributed by atoms with E-state index >= 15 is 0 Å². The van der Waals surface area contributed by atoms with Crippen molar-refractivity contribution in [3.63, 3.8) is 0 Å². The van der Waals surface area contributed by atoms with Crippen molar-refractivity contribution in [2.45, 2.75) is 6.04 Å². The Bertz CT molecular complexity index is 610. The van der Waals surface area contributed by atoms with E-state index in [1.807, 2.05) is 6.07 Å². The fraction of sp³-hybridized carbons (Fsp3) is 0.167. The summed E-state index contributed by atoms with van der Waals surface area (Å²) in [6, 6.07) is 8.23. The molecule has 1 aromatic carbocycles. The SMILES string of the molecule is COC(=O)C(Nc1nc(Cl)nnc1Cl)c1ccccc1. The molecular formula is C12H10Cl2N4O2. The van der Waals surface area contributed by atoms with Crippen LogP contribution in [0.25, 0.3) is 0 Å². The van der Waals surface area contributed by atoms with Crippen LogP contribution in [0.1, 0.15) is 11.6 Å². The van der Waals surface area contributed by atoms with Gasteiger partial charge in [-0.25, -0.2) is 4.79 Å². The highest BCUT2D eigenvalue weighted by atomic mass is 35.5. The Balaban J connectivity index is 2.34. The zero-order valence-electron chi connectivity index (χ0n) is 10.4. The number of methoxy groups -OCH3 is 1. The van der Waals surface area contributed by atoms with Gasteiger partial charge in [0.1, 0.15) is 0 Å². The number of rotatable bonds is 4. The number of carbonyl (C=O) groups excluding carboxylic acids is 1. The molecule has 20 heavy (non-hydrogen) atoms. The first kappa shape index (κ1) is 14.5. The molecule has 0 saturated heterocycles. The van der Waals surface area contributed by atoms with Crippen molar-refractivity contribution in [1.29, 1.82) is 0 Å². The van der Waals surface area contributed by atoms with E-state index in [0.29, 0.717) is 5.56 Å². The van der Waals surface area contributed by atoms with E-state index in [-0.39, 0.29) is 16.3 Å². The molecule has 0 aliphatic heterocycles. The maximum Gasteiger partial charge on any atom is 0.333 e. The Morgan fingerprint density at radius 2 is 1.95 bits per heavy atom. The molecule has 2 rings (SSSR count). The molecule has 104 valence electrons. The third kappa shape index (κ3) is 3.34. The number of halogens is 2. The Kier molecular flexibility index (Phi) is 4.70. The number of ether oxygens (including phenoxy) is 1. The van der Waals surface area contributed by atoms with Gasteiger partial charge in [0, 0.05) is 0 Å². The summed E-state index contributed by atoms with van der Waals surface area (Å²) in [5.74, 6) is -0.326. The van der Waals surface area contributed by atoms with Gasteiger partial charge in [0.25, 0.3) is 0 Å². The molecule has 0 aliphatic carbocycles. The molecule has 0 fully saturated rings. The van der Waals surface area contributed by atoms with Gasteiger partial charge in [-0.2, -0.15) is 4.98 Å². The highest BCUT2D eigenvalue weighted by Gasteiger charge is 2.23. The van der Waals surface area contributed by atoms with Crippen molar-refractivity contribution in [2.24, 2.45) is 0 Å². The van der Waals surface area contributed by atoms with Gasteiger partial charge in [-0.05, 0) is 17.2 Å². The molecule has 6 nitrogen and oxygen atoms in total. The molecular weight excluding hydrogens is 303 g/mol. The summed E-state index contributed by atoms with van der Waals surface area (Å²) in [4.78, 5) is 15.8. The molecule has 0 aliphatic rings. The van der Waals surface area contributed by atoms with Gasteiger partial charge in [-0.3, -0.25) is 0 Å². The minimum absolute atomic E-state index is 0.0132. The lowest BCUT2D eigenvalue weighted by Gasteiger charge is -2.17. The van der Waals surface area contributed by atoms with Crippen molar-refractivity contribution in [3.8, 4) is 0 Å². The van der Waals surface area contributed by atoms with Gasteiger partial charge in [0.15, 0.2) is 17.0 Å². The molecule has 1 heterocycles. The largest absolute Gasteiger partial charge is 0.467 e. The summed E-state index contributed by atoms with van der Waals surface area (Å²) in [5, 5.41) is 9.91. The number of nitrogens with one attached hydrogen (secondary N) is 1. The molecule has 1 unspecified atom stereocenters. The van der Waals surface area contributed by atoms with Gasteiger partial charge >= 0.3 is 5.97 Å². The van der Waals surface area contributed by atoms with Gasteiger partial charge < -0.3 is 10.1 Å². The molecule has 1 aromatic heterocycles. The molecule has 2 aromatic rings. The van der Waals surface area contributed by atoms with Gasteiger partial charge in [-0.1, -0.05) is 41.9 Å². The lowest BCUT2D eigenvalue weighted by molar-refractivity contribution is -0.141. The minimum Gasteiger partial charge on any atom is -0.467 e. The van der Waals surface area contributed by atoms with Gasteiger partial charge in [-0.15, -0.1) is 10.2 Å². The number of aromatic nitrogens is 3.